The molecular weight excluding hydrogens is 338 g/mol. The molecule has 0 aliphatic rings. The zero-order valence-electron chi connectivity index (χ0n) is 13.5. The average molecular weight is 353 g/mol. The van der Waals surface area contributed by atoms with Crippen LogP contribution in [0.5, 0.6) is 0 Å². The molecule has 0 N–H and O–H groups in total. The highest BCUT2D eigenvalue weighted by Crippen LogP contribution is 2.28. The number of nitro benzene ring substituents is 1. The van der Waals surface area contributed by atoms with Crippen molar-refractivity contribution >= 4 is 44.4 Å². The van der Waals surface area contributed by atoms with E-state index in [9.17, 15) is 14.9 Å². The summed E-state index contributed by atoms with van der Waals surface area (Å²) in [6.45, 7) is 2.32. The van der Waals surface area contributed by atoms with Gasteiger partial charge in [0.05, 0.1) is 20.7 Å². The number of rotatable bonds is 5. The van der Waals surface area contributed by atoms with Gasteiger partial charge in [-0.3, -0.25) is 19.8 Å². The highest BCUT2D eigenvalue weighted by molar-refractivity contribution is 7.22. The lowest BCUT2D eigenvalue weighted by Crippen LogP contribution is -2.28. The third kappa shape index (κ3) is 3.56. The van der Waals surface area contributed by atoms with Crippen molar-refractivity contribution in [1.82, 2.24) is 4.98 Å². The van der Waals surface area contributed by atoms with Crippen LogP contribution in [-0.2, 0) is 4.79 Å². The maximum absolute atomic E-state index is 12.5. The van der Waals surface area contributed by atoms with Gasteiger partial charge in [-0.05, 0) is 31.2 Å². The van der Waals surface area contributed by atoms with Gasteiger partial charge < -0.3 is 0 Å². The number of hydrogen-bond donors (Lipinski definition) is 0. The summed E-state index contributed by atoms with van der Waals surface area (Å²) in [5.74, 6) is -0.264. The van der Waals surface area contributed by atoms with E-state index in [1.807, 2.05) is 31.2 Å². The van der Waals surface area contributed by atoms with Gasteiger partial charge in [-0.1, -0.05) is 35.6 Å². The Bertz CT molecular complexity index is 932. The first-order valence-corrected chi connectivity index (χ1v) is 8.50. The van der Waals surface area contributed by atoms with Crippen molar-refractivity contribution in [2.24, 2.45) is 0 Å². The fraction of sp³-hybridized carbons (Fsp3) is 0.111. The molecule has 6 nitrogen and oxygen atoms in total. The predicted octanol–water partition coefficient (Wildman–Crippen LogP) is 4.27. The van der Waals surface area contributed by atoms with Crippen molar-refractivity contribution in [2.45, 2.75) is 6.92 Å². The maximum atomic E-state index is 12.5. The molecule has 0 spiro atoms. The average Bonchev–Trinajstić information content (AvgIpc) is 3.04. The fourth-order valence-corrected chi connectivity index (χ4v) is 3.44. The zero-order chi connectivity index (χ0) is 17.8. The van der Waals surface area contributed by atoms with E-state index in [1.165, 1.54) is 29.6 Å². The second-order valence-corrected chi connectivity index (χ2v) is 6.21. The van der Waals surface area contributed by atoms with E-state index in [0.717, 1.165) is 10.2 Å². The summed E-state index contributed by atoms with van der Waals surface area (Å²) in [7, 11) is 0. The first kappa shape index (κ1) is 16.8. The first-order valence-electron chi connectivity index (χ1n) is 7.68. The van der Waals surface area contributed by atoms with E-state index in [4.69, 9.17) is 0 Å². The van der Waals surface area contributed by atoms with Gasteiger partial charge in [0.1, 0.15) is 0 Å². The molecule has 1 amide bonds. The van der Waals surface area contributed by atoms with Gasteiger partial charge in [-0.2, -0.15) is 0 Å². The number of carbonyl (C=O) groups is 1. The number of anilines is 1. The van der Waals surface area contributed by atoms with Crippen molar-refractivity contribution in [3.63, 3.8) is 0 Å². The lowest BCUT2D eigenvalue weighted by atomic mass is 10.1. The normalized spacial score (nSPS) is 11.1. The molecule has 126 valence electrons. The minimum absolute atomic E-state index is 0.0328. The molecule has 0 fully saturated rings. The van der Waals surface area contributed by atoms with E-state index in [-0.39, 0.29) is 11.6 Å². The zero-order valence-corrected chi connectivity index (χ0v) is 14.3. The molecule has 0 aliphatic carbocycles. The highest BCUT2D eigenvalue weighted by atomic mass is 32.1. The quantitative estimate of drug-likeness (QED) is 0.390. The Balaban J connectivity index is 1.87. The summed E-state index contributed by atoms with van der Waals surface area (Å²) in [6.07, 6.45) is 2.81. The number of nitrogens with zero attached hydrogens (tertiary/aromatic N) is 3. The fourth-order valence-electron chi connectivity index (χ4n) is 2.41. The molecule has 0 unspecified atom stereocenters. The van der Waals surface area contributed by atoms with E-state index >= 15 is 0 Å². The number of thiazole rings is 1. The molecule has 0 saturated carbocycles. The van der Waals surface area contributed by atoms with Crippen LogP contribution in [0.2, 0.25) is 0 Å². The van der Waals surface area contributed by atoms with Gasteiger partial charge in [-0.15, -0.1) is 0 Å². The van der Waals surface area contributed by atoms with Crippen molar-refractivity contribution in [3.8, 4) is 0 Å². The molecule has 0 bridgehead atoms. The van der Waals surface area contributed by atoms with Crippen molar-refractivity contribution in [1.29, 1.82) is 0 Å². The second kappa shape index (κ2) is 7.23. The third-order valence-corrected chi connectivity index (χ3v) is 4.69. The Labute approximate surface area is 148 Å². The van der Waals surface area contributed by atoms with Crippen LogP contribution < -0.4 is 4.90 Å². The molecule has 0 aliphatic heterocycles. The van der Waals surface area contributed by atoms with Crippen LogP contribution in [0.1, 0.15) is 12.5 Å². The summed E-state index contributed by atoms with van der Waals surface area (Å²) < 4.78 is 1.01. The Morgan fingerprint density at radius 2 is 1.96 bits per heavy atom. The molecule has 3 rings (SSSR count). The first-order chi connectivity index (χ1) is 12.1. The van der Waals surface area contributed by atoms with Gasteiger partial charge in [0.2, 0.25) is 0 Å². The van der Waals surface area contributed by atoms with Crippen molar-refractivity contribution < 1.29 is 9.72 Å². The van der Waals surface area contributed by atoms with Crippen molar-refractivity contribution in [3.05, 3.63) is 70.3 Å². The largest absolute Gasteiger partial charge is 0.285 e. The minimum atomic E-state index is -0.463. The van der Waals surface area contributed by atoms with Gasteiger partial charge >= 0.3 is 0 Å². The molecule has 0 atom stereocenters. The van der Waals surface area contributed by atoms with E-state index in [0.29, 0.717) is 17.2 Å². The van der Waals surface area contributed by atoms with Crippen LogP contribution in [-0.4, -0.2) is 22.4 Å². The summed E-state index contributed by atoms with van der Waals surface area (Å²) in [5, 5.41) is 11.7. The van der Waals surface area contributed by atoms with Gasteiger partial charge in [-0.25, -0.2) is 4.98 Å². The van der Waals surface area contributed by atoms with Gasteiger partial charge in [0.25, 0.3) is 11.6 Å². The summed E-state index contributed by atoms with van der Waals surface area (Å²) in [6, 6.07) is 14.0. The van der Waals surface area contributed by atoms with Crippen molar-refractivity contribution in [2.75, 3.05) is 11.4 Å². The van der Waals surface area contributed by atoms with E-state index in [1.54, 1.807) is 23.1 Å². The van der Waals surface area contributed by atoms with E-state index < -0.39 is 4.92 Å². The topological polar surface area (TPSA) is 76.3 Å². The number of benzene rings is 2. The highest BCUT2D eigenvalue weighted by Gasteiger charge is 2.16. The SMILES string of the molecule is CCN(C(=O)/C=C/c1ccccc1[N+](=O)[O-])c1nc2ccccc2s1. The van der Waals surface area contributed by atoms with Gasteiger partial charge in [0, 0.05) is 18.7 Å². The second-order valence-electron chi connectivity index (χ2n) is 5.20. The third-order valence-electron chi connectivity index (χ3n) is 3.63. The van der Waals surface area contributed by atoms with Crippen LogP contribution in [0.15, 0.2) is 54.6 Å². The Morgan fingerprint density at radius 3 is 2.68 bits per heavy atom. The molecule has 2 aromatic carbocycles. The Kier molecular flexibility index (Phi) is 4.85. The van der Waals surface area contributed by atoms with Crippen LogP contribution in [0.4, 0.5) is 10.8 Å². The van der Waals surface area contributed by atoms with Crippen LogP contribution >= 0.6 is 11.3 Å². The molecular formula is C18H15N3O3S. The number of aromatic nitrogens is 1. The molecule has 1 heterocycles. The summed E-state index contributed by atoms with van der Waals surface area (Å²) >= 11 is 1.44. The lowest BCUT2D eigenvalue weighted by Gasteiger charge is -2.15. The lowest BCUT2D eigenvalue weighted by molar-refractivity contribution is -0.385. The smallest absolute Gasteiger partial charge is 0.276 e. The minimum Gasteiger partial charge on any atom is -0.285 e. The molecule has 7 heteroatoms. The van der Waals surface area contributed by atoms with E-state index in [2.05, 4.69) is 4.98 Å². The number of amides is 1. The number of hydrogen-bond acceptors (Lipinski definition) is 5. The molecule has 25 heavy (non-hydrogen) atoms. The maximum Gasteiger partial charge on any atom is 0.276 e. The molecule has 3 aromatic rings. The summed E-state index contributed by atoms with van der Waals surface area (Å²) in [4.78, 5) is 29.2. The van der Waals surface area contributed by atoms with Crippen LogP contribution in [0.3, 0.4) is 0 Å². The van der Waals surface area contributed by atoms with Crippen LogP contribution in [0, 0.1) is 10.1 Å². The molecule has 0 radical (unpaired) electrons. The number of likely N-dealkylation sites (N-methyl/N-ethyl adjacent to an activating group) is 1. The standard InChI is InChI=1S/C18H15N3O3S/c1-2-20(18-19-14-8-4-6-10-16(14)25-18)17(22)12-11-13-7-3-5-9-15(13)21(23)24/h3-12H,2H2,1H3/b12-11+. The number of carbonyl (C=O) groups excluding carboxylic acids is 1. The number of nitro groups is 1. The monoisotopic (exact) mass is 353 g/mol. The van der Waals surface area contributed by atoms with Gasteiger partial charge in [0.15, 0.2) is 5.13 Å². The Morgan fingerprint density at radius 1 is 1.24 bits per heavy atom. The number of para-hydroxylation sites is 2. The molecule has 0 saturated heterocycles. The Hall–Kier alpha value is -3.06. The summed E-state index contributed by atoms with van der Waals surface area (Å²) in [5.41, 5.74) is 1.20. The van der Waals surface area contributed by atoms with Crippen LogP contribution in [0.25, 0.3) is 16.3 Å². The molecule has 1 aromatic heterocycles. The predicted molar refractivity (Wildman–Crippen MR) is 99.8 cm³/mol. The number of fused-ring (bicyclic) bond motifs is 1.